The number of hydrogen-bond acceptors (Lipinski definition) is 7. The van der Waals surface area contributed by atoms with Crippen LogP contribution in [0.1, 0.15) is 6.42 Å². The van der Waals surface area contributed by atoms with Crippen LogP contribution in [0.5, 0.6) is 0 Å². The molecule has 3 aromatic heterocycles. The number of amides is 1. The maximum Gasteiger partial charge on any atom is 0.242 e. The van der Waals surface area contributed by atoms with Crippen LogP contribution in [-0.2, 0) is 4.79 Å². The van der Waals surface area contributed by atoms with Gasteiger partial charge in [-0.3, -0.25) is 14.6 Å². The number of carbonyl (C=O) groups is 1. The molecule has 29 heavy (non-hydrogen) atoms. The fourth-order valence-corrected chi connectivity index (χ4v) is 4.71. The van der Waals surface area contributed by atoms with Gasteiger partial charge in [-0.1, -0.05) is 0 Å². The van der Waals surface area contributed by atoms with E-state index >= 15 is 0 Å². The van der Waals surface area contributed by atoms with Crippen LogP contribution in [0.3, 0.4) is 0 Å². The standard InChI is InChI=1S/C20H21FN6OS/c1-25-6-7-27(19(28)12-25)18-8-16-15(10-23-18)24-20(29-16)13-2-3-17(22-9-13)26-5-4-14(21)11-26/h2-3,8-10,14H,4-7,11-12H2,1H3/t14-/m1/s1. The fraction of sp³-hybridized carbons (Fsp3) is 0.400. The summed E-state index contributed by atoms with van der Waals surface area (Å²) in [6.45, 7) is 2.99. The molecule has 5 heterocycles. The third-order valence-corrected chi connectivity index (χ3v) is 6.47. The van der Waals surface area contributed by atoms with Crippen LogP contribution in [0.15, 0.2) is 30.6 Å². The molecule has 5 rings (SSSR count). The van der Waals surface area contributed by atoms with Crippen LogP contribution < -0.4 is 9.80 Å². The Balaban J connectivity index is 1.39. The van der Waals surface area contributed by atoms with Gasteiger partial charge in [-0.05, 0) is 25.6 Å². The van der Waals surface area contributed by atoms with Crippen molar-refractivity contribution in [1.29, 1.82) is 0 Å². The van der Waals surface area contributed by atoms with E-state index in [1.807, 2.05) is 35.0 Å². The van der Waals surface area contributed by atoms with Crippen molar-refractivity contribution in [2.75, 3.05) is 49.6 Å². The molecule has 2 saturated heterocycles. The summed E-state index contributed by atoms with van der Waals surface area (Å²) in [4.78, 5) is 31.7. The maximum absolute atomic E-state index is 13.4. The third-order valence-electron chi connectivity index (χ3n) is 5.40. The summed E-state index contributed by atoms with van der Waals surface area (Å²) in [7, 11) is 1.94. The van der Waals surface area contributed by atoms with Gasteiger partial charge >= 0.3 is 0 Å². The van der Waals surface area contributed by atoms with E-state index in [-0.39, 0.29) is 5.91 Å². The van der Waals surface area contributed by atoms with Gasteiger partial charge in [0.2, 0.25) is 5.91 Å². The van der Waals surface area contributed by atoms with Gasteiger partial charge in [0.25, 0.3) is 0 Å². The molecule has 9 heteroatoms. The van der Waals surface area contributed by atoms with Crippen molar-refractivity contribution in [3.8, 4) is 10.6 Å². The Morgan fingerprint density at radius 1 is 1.14 bits per heavy atom. The molecule has 0 bridgehead atoms. The molecule has 2 aliphatic rings. The summed E-state index contributed by atoms with van der Waals surface area (Å²) in [5.74, 6) is 1.54. The summed E-state index contributed by atoms with van der Waals surface area (Å²) in [6.07, 6.45) is 3.31. The van der Waals surface area contributed by atoms with Crippen LogP contribution in [0, 0.1) is 0 Å². The van der Waals surface area contributed by atoms with Gasteiger partial charge < -0.3 is 4.90 Å². The number of likely N-dealkylation sites (N-methyl/N-ethyl adjacent to an activating group) is 1. The summed E-state index contributed by atoms with van der Waals surface area (Å²) in [6, 6.07) is 5.84. The number of thiazole rings is 1. The first-order chi connectivity index (χ1) is 14.1. The zero-order valence-electron chi connectivity index (χ0n) is 16.1. The summed E-state index contributed by atoms with van der Waals surface area (Å²) in [5, 5.41) is 0.854. The average molecular weight is 412 g/mol. The SMILES string of the molecule is CN1CCN(c2cc3sc(-c4ccc(N5CC[C@@H](F)C5)nc4)nc3cn2)C(=O)C1. The van der Waals surface area contributed by atoms with Gasteiger partial charge in [0.1, 0.15) is 28.3 Å². The molecule has 3 aromatic rings. The first kappa shape index (κ1) is 18.4. The minimum absolute atomic E-state index is 0.0626. The zero-order chi connectivity index (χ0) is 20.0. The van der Waals surface area contributed by atoms with Crippen molar-refractivity contribution in [1.82, 2.24) is 19.9 Å². The molecule has 1 atom stereocenters. The average Bonchev–Trinajstić information content (AvgIpc) is 3.34. The van der Waals surface area contributed by atoms with E-state index in [0.717, 1.165) is 33.2 Å². The molecular weight excluding hydrogens is 391 g/mol. The molecule has 0 unspecified atom stereocenters. The summed E-state index contributed by atoms with van der Waals surface area (Å²) >= 11 is 1.56. The lowest BCUT2D eigenvalue weighted by atomic mass is 10.3. The molecule has 0 radical (unpaired) electrons. The number of carbonyl (C=O) groups excluding carboxylic acids is 1. The number of pyridine rings is 2. The van der Waals surface area contributed by atoms with Crippen LogP contribution in [0.25, 0.3) is 20.8 Å². The summed E-state index contributed by atoms with van der Waals surface area (Å²) < 4.78 is 14.4. The zero-order valence-corrected chi connectivity index (χ0v) is 16.9. The number of anilines is 2. The van der Waals surface area contributed by atoms with E-state index in [9.17, 15) is 9.18 Å². The Labute approximate surface area is 171 Å². The van der Waals surface area contributed by atoms with Gasteiger partial charge in [0, 0.05) is 37.5 Å². The molecule has 2 fully saturated rings. The molecule has 0 spiro atoms. The smallest absolute Gasteiger partial charge is 0.242 e. The lowest BCUT2D eigenvalue weighted by molar-refractivity contribution is -0.120. The molecule has 1 amide bonds. The van der Waals surface area contributed by atoms with Crippen molar-refractivity contribution in [2.45, 2.75) is 12.6 Å². The van der Waals surface area contributed by atoms with E-state index in [4.69, 9.17) is 0 Å². The van der Waals surface area contributed by atoms with Gasteiger partial charge in [0.05, 0.1) is 24.0 Å². The number of alkyl halides is 1. The number of aromatic nitrogens is 3. The number of piperazine rings is 1. The van der Waals surface area contributed by atoms with Crippen molar-refractivity contribution in [2.24, 2.45) is 0 Å². The lowest BCUT2D eigenvalue weighted by Crippen LogP contribution is -2.49. The Morgan fingerprint density at radius 3 is 2.72 bits per heavy atom. The van der Waals surface area contributed by atoms with Crippen molar-refractivity contribution < 1.29 is 9.18 Å². The Bertz CT molecular complexity index is 1050. The monoisotopic (exact) mass is 412 g/mol. The number of fused-ring (bicyclic) bond motifs is 1. The molecule has 0 aliphatic carbocycles. The summed E-state index contributed by atoms with van der Waals surface area (Å²) in [5.41, 5.74) is 1.72. The van der Waals surface area contributed by atoms with Crippen molar-refractivity contribution >= 4 is 39.1 Å². The normalized spacial score (nSPS) is 20.8. The van der Waals surface area contributed by atoms with Gasteiger partial charge in [0.15, 0.2) is 0 Å². The molecule has 150 valence electrons. The van der Waals surface area contributed by atoms with Gasteiger partial charge in [-0.15, -0.1) is 11.3 Å². The van der Waals surface area contributed by atoms with E-state index in [0.29, 0.717) is 38.4 Å². The highest BCUT2D eigenvalue weighted by molar-refractivity contribution is 7.21. The second kappa shape index (κ2) is 7.31. The van der Waals surface area contributed by atoms with Crippen LogP contribution >= 0.6 is 11.3 Å². The quantitative estimate of drug-likeness (QED) is 0.659. The largest absolute Gasteiger partial charge is 0.354 e. The van der Waals surface area contributed by atoms with E-state index < -0.39 is 6.17 Å². The van der Waals surface area contributed by atoms with Gasteiger partial charge in [-0.25, -0.2) is 19.3 Å². The highest BCUT2D eigenvalue weighted by Crippen LogP contribution is 2.32. The van der Waals surface area contributed by atoms with E-state index in [2.05, 4.69) is 15.0 Å². The first-order valence-corrected chi connectivity index (χ1v) is 10.5. The molecule has 2 aliphatic heterocycles. The number of rotatable bonds is 3. The topological polar surface area (TPSA) is 65.5 Å². The molecule has 7 nitrogen and oxygen atoms in total. The third kappa shape index (κ3) is 3.56. The molecular formula is C20H21FN6OS. The van der Waals surface area contributed by atoms with Crippen LogP contribution in [0.2, 0.25) is 0 Å². The second-order valence-electron chi connectivity index (χ2n) is 7.55. The Kier molecular flexibility index (Phi) is 4.63. The molecule has 0 saturated carbocycles. The van der Waals surface area contributed by atoms with Crippen molar-refractivity contribution in [3.05, 3.63) is 30.6 Å². The number of hydrogen-bond donors (Lipinski definition) is 0. The molecule has 0 N–H and O–H groups in total. The van der Waals surface area contributed by atoms with Gasteiger partial charge in [-0.2, -0.15) is 0 Å². The molecule has 0 aromatic carbocycles. The lowest BCUT2D eigenvalue weighted by Gasteiger charge is -2.31. The predicted molar refractivity (Wildman–Crippen MR) is 112 cm³/mol. The van der Waals surface area contributed by atoms with Crippen molar-refractivity contribution in [3.63, 3.8) is 0 Å². The first-order valence-electron chi connectivity index (χ1n) is 9.68. The minimum Gasteiger partial charge on any atom is -0.354 e. The second-order valence-corrected chi connectivity index (χ2v) is 8.58. The Hall–Kier alpha value is -2.65. The fourth-order valence-electron chi connectivity index (χ4n) is 3.75. The Morgan fingerprint density at radius 2 is 2.00 bits per heavy atom. The van der Waals surface area contributed by atoms with Crippen LogP contribution in [0.4, 0.5) is 16.0 Å². The number of nitrogens with zero attached hydrogens (tertiary/aromatic N) is 6. The number of halogens is 1. The minimum atomic E-state index is -0.769. The van der Waals surface area contributed by atoms with Crippen LogP contribution in [-0.4, -0.2) is 71.7 Å². The highest BCUT2D eigenvalue weighted by Gasteiger charge is 2.25. The maximum atomic E-state index is 13.4. The predicted octanol–water partition coefficient (Wildman–Crippen LogP) is 2.58. The van der Waals surface area contributed by atoms with E-state index in [1.54, 1.807) is 28.6 Å². The van der Waals surface area contributed by atoms with E-state index in [1.165, 1.54) is 0 Å². The highest BCUT2D eigenvalue weighted by atomic mass is 32.1.